The monoisotopic (exact) mass is 449 g/mol. The van der Waals surface area contributed by atoms with Gasteiger partial charge in [0, 0.05) is 55.4 Å². The van der Waals surface area contributed by atoms with E-state index in [0.717, 1.165) is 18.7 Å². The Kier molecular flexibility index (Phi) is 8.47. The second kappa shape index (κ2) is 11.0. The van der Waals surface area contributed by atoms with Crippen LogP contribution in [0.4, 0.5) is 5.69 Å². The third-order valence-electron chi connectivity index (χ3n) is 4.44. The van der Waals surface area contributed by atoms with Crippen molar-refractivity contribution in [1.82, 2.24) is 9.80 Å². The Morgan fingerprint density at radius 3 is 2.13 bits per heavy atom. The van der Waals surface area contributed by atoms with Crippen molar-refractivity contribution in [3.05, 3.63) is 74.8 Å². The molecule has 0 aromatic heterocycles. The molecule has 1 aliphatic heterocycles. The molecular formula is C20H20ClN3O7. The van der Waals surface area contributed by atoms with E-state index >= 15 is 0 Å². The molecule has 0 unspecified atom stereocenters. The highest BCUT2D eigenvalue weighted by atomic mass is 35.5. The molecule has 0 aliphatic carbocycles. The van der Waals surface area contributed by atoms with Gasteiger partial charge in [-0.05, 0) is 23.8 Å². The molecule has 0 spiro atoms. The van der Waals surface area contributed by atoms with E-state index in [2.05, 4.69) is 4.90 Å². The fraction of sp³-hybridized carbons (Fsp3) is 0.250. The first-order valence-corrected chi connectivity index (χ1v) is 9.52. The summed E-state index contributed by atoms with van der Waals surface area (Å²) in [6.07, 6.45) is 0. The molecule has 1 amide bonds. The fourth-order valence-electron chi connectivity index (χ4n) is 2.94. The number of carboxylic acids is 2. The number of carbonyl (C=O) groups excluding carboxylic acids is 1. The lowest BCUT2D eigenvalue weighted by molar-refractivity contribution is -0.384. The number of nitro benzene ring substituents is 1. The molecule has 2 aromatic rings. The summed E-state index contributed by atoms with van der Waals surface area (Å²) in [4.78, 5) is 45.2. The number of carboxylic acid groups (broad SMARTS) is 2. The molecule has 2 aromatic carbocycles. The van der Waals surface area contributed by atoms with E-state index in [9.17, 15) is 14.9 Å². The molecule has 2 N–H and O–H groups in total. The number of hydrogen-bond donors (Lipinski definition) is 2. The second-order valence-corrected chi connectivity index (χ2v) is 7.05. The molecule has 10 nitrogen and oxygen atoms in total. The number of rotatable bonds is 4. The van der Waals surface area contributed by atoms with Gasteiger partial charge in [-0.1, -0.05) is 29.8 Å². The highest BCUT2D eigenvalue weighted by Gasteiger charge is 2.22. The fourth-order valence-corrected chi connectivity index (χ4v) is 3.13. The molecule has 164 valence electrons. The SMILES string of the molecule is O=C(O)C(=O)O.O=C(c1cccc(Cl)c1)N1CCN(Cc2cccc([N+](=O)[O-])c2)CC1. The zero-order valence-corrected chi connectivity index (χ0v) is 17.1. The maximum atomic E-state index is 12.5. The van der Waals surface area contributed by atoms with E-state index in [0.29, 0.717) is 30.2 Å². The van der Waals surface area contributed by atoms with Crippen LogP contribution in [0.25, 0.3) is 0 Å². The molecule has 31 heavy (non-hydrogen) atoms. The average molecular weight is 450 g/mol. The van der Waals surface area contributed by atoms with Crippen molar-refractivity contribution >= 4 is 35.1 Å². The number of nitrogens with zero attached hydrogens (tertiary/aromatic N) is 3. The summed E-state index contributed by atoms with van der Waals surface area (Å²) >= 11 is 5.95. The molecule has 3 rings (SSSR count). The van der Waals surface area contributed by atoms with E-state index in [1.165, 1.54) is 6.07 Å². The van der Waals surface area contributed by atoms with Gasteiger partial charge in [0.1, 0.15) is 0 Å². The van der Waals surface area contributed by atoms with Gasteiger partial charge in [-0.3, -0.25) is 19.8 Å². The number of benzene rings is 2. The number of hydrogen-bond acceptors (Lipinski definition) is 6. The summed E-state index contributed by atoms with van der Waals surface area (Å²) in [5.41, 5.74) is 1.61. The Morgan fingerprint density at radius 1 is 0.968 bits per heavy atom. The van der Waals surface area contributed by atoms with Gasteiger partial charge in [0.25, 0.3) is 11.6 Å². The van der Waals surface area contributed by atoms with E-state index < -0.39 is 11.9 Å². The number of carbonyl (C=O) groups is 3. The van der Waals surface area contributed by atoms with Crippen LogP contribution >= 0.6 is 11.6 Å². The van der Waals surface area contributed by atoms with Crippen LogP contribution in [-0.4, -0.2) is 69.0 Å². The standard InChI is InChI=1S/C18H18ClN3O3.C2H2O4/c19-16-5-2-4-15(12-16)18(23)21-9-7-20(8-10-21)13-14-3-1-6-17(11-14)22(24)25;3-1(4)2(5)6/h1-6,11-12H,7-10,13H2;(H,3,4)(H,5,6). The van der Waals surface area contributed by atoms with E-state index in [-0.39, 0.29) is 16.5 Å². The largest absolute Gasteiger partial charge is 0.473 e. The van der Waals surface area contributed by atoms with E-state index in [4.69, 9.17) is 31.4 Å². The minimum atomic E-state index is -1.82. The van der Waals surface area contributed by atoms with Gasteiger partial charge in [-0.15, -0.1) is 0 Å². The second-order valence-electron chi connectivity index (χ2n) is 6.62. The first-order chi connectivity index (χ1) is 14.7. The maximum absolute atomic E-state index is 12.5. The summed E-state index contributed by atoms with van der Waals surface area (Å²) < 4.78 is 0. The molecule has 11 heteroatoms. The van der Waals surface area contributed by atoms with E-state index in [1.54, 1.807) is 36.4 Å². The zero-order valence-electron chi connectivity index (χ0n) is 16.3. The number of amides is 1. The smallest absolute Gasteiger partial charge is 0.414 e. The van der Waals surface area contributed by atoms with Crippen molar-refractivity contribution in [2.45, 2.75) is 6.54 Å². The van der Waals surface area contributed by atoms with Gasteiger partial charge < -0.3 is 15.1 Å². The molecule has 0 atom stereocenters. The number of aliphatic carboxylic acids is 2. The molecule has 1 heterocycles. The molecule has 1 saturated heterocycles. The lowest BCUT2D eigenvalue weighted by Crippen LogP contribution is -2.48. The Hall–Kier alpha value is -3.50. The van der Waals surface area contributed by atoms with Crippen molar-refractivity contribution in [3.8, 4) is 0 Å². The number of non-ortho nitro benzene ring substituents is 1. The Morgan fingerprint density at radius 2 is 1.58 bits per heavy atom. The van der Waals surface area contributed by atoms with Gasteiger partial charge in [0.05, 0.1) is 4.92 Å². The van der Waals surface area contributed by atoms with Crippen molar-refractivity contribution in [2.24, 2.45) is 0 Å². The van der Waals surface area contributed by atoms with Gasteiger partial charge in [0.15, 0.2) is 0 Å². The van der Waals surface area contributed by atoms with Crippen LogP contribution in [-0.2, 0) is 16.1 Å². The van der Waals surface area contributed by atoms with Gasteiger partial charge in [-0.2, -0.15) is 0 Å². The summed E-state index contributed by atoms with van der Waals surface area (Å²) in [5, 5.41) is 26.2. The van der Waals surface area contributed by atoms with E-state index in [1.807, 2.05) is 11.0 Å². The lowest BCUT2D eigenvalue weighted by atomic mass is 10.1. The van der Waals surface area contributed by atoms with Crippen LogP contribution in [0.15, 0.2) is 48.5 Å². The normalized spacial score (nSPS) is 13.6. The first-order valence-electron chi connectivity index (χ1n) is 9.14. The highest BCUT2D eigenvalue weighted by molar-refractivity contribution is 6.31. The van der Waals surface area contributed by atoms with Crippen LogP contribution in [0.2, 0.25) is 5.02 Å². The predicted octanol–water partition coefficient (Wildman–Crippen LogP) is 2.36. The quantitative estimate of drug-likeness (QED) is 0.411. The lowest BCUT2D eigenvalue weighted by Gasteiger charge is -2.34. The van der Waals surface area contributed by atoms with Crippen LogP contribution in [0.3, 0.4) is 0 Å². The predicted molar refractivity (Wildman–Crippen MR) is 111 cm³/mol. The summed E-state index contributed by atoms with van der Waals surface area (Å²) in [5.74, 6) is -3.66. The van der Waals surface area contributed by atoms with Crippen LogP contribution in [0, 0.1) is 10.1 Å². The average Bonchev–Trinajstić information content (AvgIpc) is 2.74. The maximum Gasteiger partial charge on any atom is 0.414 e. The van der Waals surface area contributed by atoms with Gasteiger partial charge in [-0.25, -0.2) is 9.59 Å². The van der Waals surface area contributed by atoms with Gasteiger partial charge in [0.2, 0.25) is 0 Å². The summed E-state index contributed by atoms with van der Waals surface area (Å²) in [7, 11) is 0. The number of halogens is 1. The Balaban J connectivity index is 0.000000501. The number of piperazine rings is 1. The van der Waals surface area contributed by atoms with Crippen molar-refractivity contribution in [2.75, 3.05) is 26.2 Å². The zero-order chi connectivity index (χ0) is 23.0. The summed E-state index contributed by atoms with van der Waals surface area (Å²) in [6, 6.07) is 13.6. The topological polar surface area (TPSA) is 141 Å². The molecule has 0 radical (unpaired) electrons. The van der Waals surface area contributed by atoms with Crippen molar-refractivity contribution in [3.63, 3.8) is 0 Å². The third kappa shape index (κ3) is 7.36. The molecule has 1 aliphatic rings. The third-order valence-corrected chi connectivity index (χ3v) is 4.68. The Bertz CT molecular complexity index is 963. The molecule has 0 bridgehead atoms. The highest BCUT2D eigenvalue weighted by Crippen LogP contribution is 2.17. The van der Waals surface area contributed by atoms with Gasteiger partial charge >= 0.3 is 11.9 Å². The van der Waals surface area contributed by atoms with Crippen LogP contribution in [0.1, 0.15) is 15.9 Å². The number of nitro groups is 1. The summed E-state index contributed by atoms with van der Waals surface area (Å²) in [6.45, 7) is 3.35. The minimum absolute atomic E-state index is 0.0162. The molecule has 1 fully saturated rings. The Labute approximate surface area is 182 Å². The van der Waals surface area contributed by atoms with Crippen LogP contribution < -0.4 is 0 Å². The molecular weight excluding hydrogens is 430 g/mol. The van der Waals surface area contributed by atoms with Crippen LogP contribution in [0.5, 0.6) is 0 Å². The van der Waals surface area contributed by atoms with Crippen molar-refractivity contribution < 1.29 is 29.5 Å². The minimum Gasteiger partial charge on any atom is -0.473 e. The molecule has 0 saturated carbocycles. The first kappa shape index (κ1) is 23.8. The van der Waals surface area contributed by atoms with Crippen molar-refractivity contribution in [1.29, 1.82) is 0 Å².